The molecule has 33 heavy (non-hydrogen) atoms. The van der Waals surface area contributed by atoms with Gasteiger partial charge in [0.25, 0.3) is 0 Å². The lowest BCUT2D eigenvalue weighted by Crippen LogP contribution is -2.40. The third-order valence-electron chi connectivity index (χ3n) is 5.97. The highest BCUT2D eigenvalue weighted by atomic mass is 31.1. The van der Waals surface area contributed by atoms with Gasteiger partial charge < -0.3 is 10.6 Å². The summed E-state index contributed by atoms with van der Waals surface area (Å²) in [5.41, 5.74) is 8.72. The fraction of sp³-hybridized carbons (Fsp3) is 0.200. The molecule has 166 valence electrons. The molecule has 3 heterocycles. The van der Waals surface area contributed by atoms with Gasteiger partial charge in [0.2, 0.25) is 5.91 Å². The average molecular weight is 456 g/mol. The number of hydrogen-bond acceptors (Lipinski definition) is 5. The molecule has 8 heteroatoms. The number of likely N-dealkylation sites (tertiary alicyclic amines) is 1. The SMILES string of the molecule is C=CC(=O)N1CCC[C@@H](n2nc(-c3ccc(Pc4ccccc4)cc3)c3c(N)ncnc32)C1. The van der Waals surface area contributed by atoms with E-state index < -0.39 is 0 Å². The Balaban J connectivity index is 1.50. The van der Waals surface area contributed by atoms with E-state index in [1.807, 2.05) is 15.6 Å². The maximum atomic E-state index is 12.2. The highest BCUT2D eigenvalue weighted by Gasteiger charge is 2.27. The average Bonchev–Trinajstić information content (AvgIpc) is 3.26. The van der Waals surface area contributed by atoms with Crippen LogP contribution in [0.3, 0.4) is 0 Å². The van der Waals surface area contributed by atoms with E-state index in [9.17, 15) is 4.79 Å². The van der Waals surface area contributed by atoms with Crippen molar-refractivity contribution < 1.29 is 4.79 Å². The van der Waals surface area contributed by atoms with Crippen LogP contribution in [0.2, 0.25) is 0 Å². The smallest absolute Gasteiger partial charge is 0.246 e. The van der Waals surface area contributed by atoms with Crippen molar-refractivity contribution in [2.75, 3.05) is 18.8 Å². The van der Waals surface area contributed by atoms with Crippen molar-refractivity contribution in [3.8, 4) is 11.3 Å². The first-order valence-corrected chi connectivity index (χ1v) is 12.0. The third-order valence-corrected chi connectivity index (χ3v) is 7.21. The Morgan fingerprint density at radius 3 is 2.61 bits per heavy atom. The lowest BCUT2D eigenvalue weighted by molar-refractivity contribution is -0.127. The molecule has 0 saturated carbocycles. The topological polar surface area (TPSA) is 89.9 Å². The summed E-state index contributed by atoms with van der Waals surface area (Å²) in [6.45, 7) is 4.92. The van der Waals surface area contributed by atoms with Gasteiger partial charge in [-0.1, -0.05) is 69.8 Å². The van der Waals surface area contributed by atoms with Crippen molar-refractivity contribution in [2.45, 2.75) is 18.9 Å². The normalized spacial score (nSPS) is 16.5. The monoisotopic (exact) mass is 456 g/mol. The number of carbonyl (C=O) groups is 1. The molecule has 0 spiro atoms. The number of amides is 1. The van der Waals surface area contributed by atoms with Gasteiger partial charge in [0.15, 0.2) is 5.65 Å². The Kier molecular flexibility index (Phi) is 5.88. The molecule has 1 fully saturated rings. The van der Waals surface area contributed by atoms with Crippen molar-refractivity contribution >= 4 is 41.9 Å². The van der Waals surface area contributed by atoms with E-state index in [-0.39, 0.29) is 11.9 Å². The van der Waals surface area contributed by atoms with Crippen molar-refractivity contribution in [1.82, 2.24) is 24.6 Å². The standard InChI is InChI=1S/C25H25N6OP/c1-2-21(32)30-14-6-7-18(15-30)31-25-22(24(26)27-16-28-25)23(29-31)17-10-12-20(13-11-17)33-19-8-4-3-5-9-19/h2-5,8-13,16,18,33H,1,6-7,14-15H2,(H2,26,27,28)/t18-/m1/s1. The van der Waals surface area contributed by atoms with Crippen LogP contribution in [0, 0.1) is 0 Å². The Morgan fingerprint density at radius 2 is 1.85 bits per heavy atom. The van der Waals surface area contributed by atoms with Crippen LogP contribution in [0.25, 0.3) is 22.3 Å². The second-order valence-corrected chi connectivity index (χ2v) is 9.51. The Bertz CT molecular complexity index is 1300. The molecule has 1 unspecified atom stereocenters. The molecule has 0 bridgehead atoms. The number of rotatable bonds is 5. The molecule has 7 nitrogen and oxygen atoms in total. The Morgan fingerprint density at radius 1 is 1.09 bits per heavy atom. The lowest BCUT2D eigenvalue weighted by Gasteiger charge is -2.32. The zero-order chi connectivity index (χ0) is 22.8. The van der Waals surface area contributed by atoms with Gasteiger partial charge in [0, 0.05) is 18.7 Å². The largest absolute Gasteiger partial charge is 0.383 e. The van der Waals surface area contributed by atoms with Gasteiger partial charge in [-0.2, -0.15) is 5.10 Å². The zero-order valence-corrected chi connectivity index (χ0v) is 19.2. The highest BCUT2D eigenvalue weighted by Crippen LogP contribution is 2.33. The second kappa shape index (κ2) is 9.12. The number of nitrogen functional groups attached to an aromatic ring is 1. The molecule has 1 amide bonds. The van der Waals surface area contributed by atoms with Crippen LogP contribution >= 0.6 is 8.58 Å². The van der Waals surface area contributed by atoms with Gasteiger partial charge in [-0.05, 0) is 29.5 Å². The predicted octanol–water partition coefficient (Wildman–Crippen LogP) is 3.05. The number of nitrogens with two attached hydrogens (primary N) is 1. The number of piperidine rings is 1. The summed E-state index contributed by atoms with van der Waals surface area (Å²) >= 11 is 0. The third kappa shape index (κ3) is 4.24. The summed E-state index contributed by atoms with van der Waals surface area (Å²) in [6.07, 6.45) is 4.65. The van der Waals surface area contributed by atoms with Crippen molar-refractivity contribution in [2.24, 2.45) is 0 Å². The summed E-state index contributed by atoms with van der Waals surface area (Å²) in [4.78, 5) is 22.7. The van der Waals surface area contributed by atoms with Crippen LogP contribution in [0.15, 0.2) is 73.6 Å². The summed E-state index contributed by atoms with van der Waals surface area (Å²) in [6, 6.07) is 18.9. The minimum atomic E-state index is -0.0552. The minimum absolute atomic E-state index is 0.0204. The molecule has 2 aromatic carbocycles. The van der Waals surface area contributed by atoms with Gasteiger partial charge in [-0.3, -0.25) is 4.79 Å². The van der Waals surface area contributed by atoms with Crippen LogP contribution in [0.5, 0.6) is 0 Å². The molecule has 1 aliphatic rings. The van der Waals surface area contributed by atoms with Crippen molar-refractivity contribution in [3.63, 3.8) is 0 Å². The summed E-state index contributed by atoms with van der Waals surface area (Å²) in [5, 5.41) is 8.26. The van der Waals surface area contributed by atoms with E-state index in [1.54, 1.807) is 0 Å². The zero-order valence-electron chi connectivity index (χ0n) is 18.2. The molecular formula is C25H25N6OP. The summed E-state index contributed by atoms with van der Waals surface area (Å²) < 4.78 is 1.92. The van der Waals surface area contributed by atoms with Gasteiger partial charge in [0.05, 0.1) is 11.4 Å². The van der Waals surface area contributed by atoms with Gasteiger partial charge in [-0.15, -0.1) is 0 Å². The van der Waals surface area contributed by atoms with Crippen LogP contribution in [-0.2, 0) is 4.79 Å². The fourth-order valence-corrected chi connectivity index (χ4v) is 5.36. The van der Waals surface area contributed by atoms with Crippen LogP contribution in [0.4, 0.5) is 5.82 Å². The van der Waals surface area contributed by atoms with E-state index in [1.165, 1.54) is 23.0 Å². The number of benzene rings is 2. The quantitative estimate of drug-likeness (QED) is 0.368. The molecule has 5 rings (SSSR count). The molecule has 4 aromatic rings. The van der Waals surface area contributed by atoms with Gasteiger partial charge >= 0.3 is 0 Å². The molecule has 0 aliphatic carbocycles. The first-order valence-electron chi connectivity index (χ1n) is 11.0. The molecule has 2 N–H and O–H groups in total. The fourth-order valence-electron chi connectivity index (χ4n) is 4.34. The second-order valence-electron chi connectivity index (χ2n) is 8.10. The van der Waals surface area contributed by atoms with Gasteiger partial charge in [-0.25, -0.2) is 14.6 Å². The van der Waals surface area contributed by atoms with Crippen LogP contribution < -0.4 is 16.3 Å². The molecule has 0 radical (unpaired) electrons. The maximum absolute atomic E-state index is 12.2. The number of fused-ring (bicyclic) bond motifs is 1. The lowest BCUT2D eigenvalue weighted by atomic mass is 10.1. The minimum Gasteiger partial charge on any atom is -0.383 e. The van der Waals surface area contributed by atoms with E-state index in [0.29, 0.717) is 26.6 Å². The van der Waals surface area contributed by atoms with Crippen molar-refractivity contribution in [1.29, 1.82) is 0 Å². The first kappa shape index (κ1) is 21.3. The predicted molar refractivity (Wildman–Crippen MR) is 134 cm³/mol. The van der Waals surface area contributed by atoms with E-state index in [2.05, 4.69) is 65.1 Å². The van der Waals surface area contributed by atoms with Gasteiger partial charge in [0.1, 0.15) is 17.8 Å². The van der Waals surface area contributed by atoms with E-state index >= 15 is 0 Å². The van der Waals surface area contributed by atoms with Crippen LogP contribution in [0.1, 0.15) is 18.9 Å². The van der Waals surface area contributed by atoms with Crippen LogP contribution in [-0.4, -0.2) is 43.6 Å². The summed E-state index contributed by atoms with van der Waals surface area (Å²) in [5.74, 6) is 0.353. The number of aromatic nitrogens is 4. The van der Waals surface area contributed by atoms with E-state index in [0.717, 1.165) is 36.0 Å². The molecule has 2 aromatic heterocycles. The first-order chi connectivity index (χ1) is 16.1. The Labute approximate surface area is 194 Å². The van der Waals surface area contributed by atoms with Crippen molar-refractivity contribution in [3.05, 3.63) is 73.6 Å². The Hall–Kier alpha value is -3.57. The number of nitrogens with zero attached hydrogens (tertiary/aromatic N) is 5. The maximum Gasteiger partial charge on any atom is 0.246 e. The number of hydrogen-bond donors (Lipinski definition) is 1. The van der Waals surface area contributed by atoms with E-state index in [4.69, 9.17) is 10.8 Å². The molecule has 1 saturated heterocycles. The molecule has 2 atom stereocenters. The summed E-state index contributed by atoms with van der Waals surface area (Å²) in [7, 11) is 0.592. The molecule has 1 aliphatic heterocycles. The molecular weight excluding hydrogens is 431 g/mol. The highest BCUT2D eigenvalue weighted by molar-refractivity contribution is 7.55. The number of carbonyl (C=O) groups excluding carboxylic acids is 1. The number of anilines is 1.